The van der Waals surface area contributed by atoms with Crippen LogP contribution < -0.4 is 10.2 Å². The highest BCUT2D eigenvalue weighted by Crippen LogP contribution is 2.18. The molecule has 1 N–H and O–H groups in total. The minimum Gasteiger partial charge on any atom is -0.349 e. The van der Waals surface area contributed by atoms with Gasteiger partial charge in [0.2, 0.25) is 5.95 Å². The van der Waals surface area contributed by atoms with E-state index in [2.05, 4.69) is 26.3 Å². The van der Waals surface area contributed by atoms with E-state index in [0.29, 0.717) is 11.6 Å². The van der Waals surface area contributed by atoms with Crippen molar-refractivity contribution < 1.29 is 4.79 Å². The van der Waals surface area contributed by atoms with Crippen molar-refractivity contribution in [3.63, 3.8) is 0 Å². The Labute approximate surface area is 147 Å². The highest BCUT2D eigenvalue weighted by atomic mass is 16.1. The van der Waals surface area contributed by atoms with E-state index in [1.54, 1.807) is 6.07 Å². The van der Waals surface area contributed by atoms with Crippen LogP contribution in [0.25, 0.3) is 0 Å². The molecule has 128 valence electrons. The van der Waals surface area contributed by atoms with Gasteiger partial charge in [-0.2, -0.15) is 5.26 Å². The van der Waals surface area contributed by atoms with Crippen molar-refractivity contribution in [2.45, 2.75) is 32.7 Å². The van der Waals surface area contributed by atoms with E-state index in [0.717, 1.165) is 42.8 Å². The van der Waals surface area contributed by atoms with E-state index in [9.17, 15) is 4.79 Å². The Morgan fingerprint density at radius 1 is 1.24 bits per heavy atom. The minimum atomic E-state index is -0.0184. The van der Waals surface area contributed by atoms with Gasteiger partial charge in [0.25, 0.3) is 5.91 Å². The summed E-state index contributed by atoms with van der Waals surface area (Å²) in [5, 5.41) is 12.2. The van der Waals surface area contributed by atoms with E-state index >= 15 is 0 Å². The number of amides is 1. The molecular formula is C19H21N5O. The number of benzene rings is 1. The van der Waals surface area contributed by atoms with Gasteiger partial charge in [-0.05, 0) is 44.4 Å². The standard InChI is InChI=1S/C19H21N5O/c1-13-5-3-4-6-17(13)18(25)22-15-7-9-24(10-8-15)19-21-14(2)11-16(12-20)23-19/h3-6,11,15H,7-10H2,1-2H3,(H,22,25). The van der Waals surface area contributed by atoms with Crippen LogP contribution in [0.1, 0.15) is 40.2 Å². The van der Waals surface area contributed by atoms with Crippen molar-refractivity contribution in [3.8, 4) is 6.07 Å². The predicted octanol–water partition coefficient (Wildman–Crippen LogP) is 2.36. The molecule has 2 aromatic rings. The summed E-state index contributed by atoms with van der Waals surface area (Å²) in [4.78, 5) is 23.2. The molecule has 0 radical (unpaired) electrons. The number of nitrogens with one attached hydrogen (secondary N) is 1. The Bertz CT molecular complexity index is 819. The fourth-order valence-electron chi connectivity index (χ4n) is 3.07. The summed E-state index contributed by atoms with van der Waals surface area (Å²) in [6.45, 7) is 5.32. The molecule has 0 atom stereocenters. The molecule has 6 heteroatoms. The van der Waals surface area contributed by atoms with E-state index in [1.807, 2.05) is 38.1 Å². The largest absolute Gasteiger partial charge is 0.349 e. The van der Waals surface area contributed by atoms with Crippen molar-refractivity contribution in [2.75, 3.05) is 18.0 Å². The zero-order valence-electron chi connectivity index (χ0n) is 14.5. The van der Waals surface area contributed by atoms with Gasteiger partial charge in [0.15, 0.2) is 0 Å². The van der Waals surface area contributed by atoms with E-state index < -0.39 is 0 Å². The lowest BCUT2D eigenvalue weighted by Gasteiger charge is -2.32. The van der Waals surface area contributed by atoms with Crippen LogP contribution in [-0.4, -0.2) is 35.0 Å². The molecule has 2 heterocycles. The van der Waals surface area contributed by atoms with Crippen molar-refractivity contribution >= 4 is 11.9 Å². The third-order valence-electron chi connectivity index (χ3n) is 4.46. The second kappa shape index (κ2) is 7.31. The van der Waals surface area contributed by atoms with Crippen molar-refractivity contribution in [1.29, 1.82) is 5.26 Å². The maximum Gasteiger partial charge on any atom is 0.251 e. The minimum absolute atomic E-state index is 0.0184. The molecule has 1 saturated heterocycles. The molecule has 0 bridgehead atoms. The summed E-state index contributed by atoms with van der Waals surface area (Å²) < 4.78 is 0. The van der Waals surface area contributed by atoms with Gasteiger partial charge in [0.1, 0.15) is 11.8 Å². The van der Waals surface area contributed by atoms with Crippen LogP contribution in [0.5, 0.6) is 0 Å². The maximum atomic E-state index is 12.4. The van der Waals surface area contributed by atoms with Crippen LogP contribution in [0.15, 0.2) is 30.3 Å². The summed E-state index contributed by atoms with van der Waals surface area (Å²) in [5.41, 5.74) is 2.88. The molecule has 0 saturated carbocycles. The van der Waals surface area contributed by atoms with Crippen LogP contribution in [-0.2, 0) is 0 Å². The lowest BCUT2D eigenvalue weighted by molar-refractivity contribution is 0.0930. The smallest absolute Gasteiger partial charge is 0.251 e. The molecule has 1 aromatic carbocycles. The second-order valence-electron chi connectivity index (χ2n) is 6.36. The molecule has 25 heavy (non-hydrogen) atoms. The van der Waals surface area contributed by atoms with Crippen LogP contribution in [0.2, 0.25) is 0 Å². The first kappa shape index (κ1) is 16.9. The predicted molar refractivity (Wildman–Crippen MR) is 95.4 cm³/mol. The molecule has 6 nitrogen and oxygen atoms in total. The fourth-order valence-corrected chi connectivity index (χ4v) is 3.07. The van der Waals surface area contributed by atoms with E-state index in [4.69, 9.17) is 5.26 Å². The van der Waals surface area contributed by atoms with Crippen molar-refractivity contribution in [2.24, 2.45) is 0 Å². The molecular weight excluding hydrogens is 314 g/mol. The Kier molecular flexibility index (Phi) is 4.94. The number of carbonyl (C=O) groups is 1. The maximum absolute atomic E-state index is 12.4. The number of nitriles is 1. The van der Waals surface area contributed by atoms with E-state index in [1.165, 1.54) is 0 Å². The van der Waals surface area contributed by atoms with Gasteiger partial charge >= 0.3 is 0 Å². The highest BCUT2D eigenvalue weighted by Gasteiger charge is 2.23. The first-order chi connectivity index (χ1) is 12.1. The summed E-state index contributed by atoms with van der Waals surface area (Å²) in [6, 6.07) is 11.5. The van der Waals surface area contributed by atoms with Gasteiger partial charge in [0.05, 0.1) is 0 Å². The van der Waals surface area contributed by atoms with Gasteiger partial charge in [-0.25, -0.2) is 9.97 Å². The van der Waals surface area contributed by atoms with Gasteiger partial charge in [-0.15, -0.1) is 0 Å². The molecule has 0 aliphatic carbocycles. The molecule has 1 aromatic heterocycles. The van der Waals surface area contributed by atoms with Crippen LogP contribution in [0, 0.1) is 25.2 Å². The summed E-state index contributed by atoms with van der Waals surface area (Å²) in [5.74, 6) is 0.579. The molecule has 0 unspecified atom stereocenters. The van der Waals surface area contributed by atoms with Crippen LogP contribution >= 0.6 is 0 Å². The highest BCUT2D eigenvalue weighted by molar-refractivity contribution is 5.95. The average Bonchev–Trinajstić information content (AvgIpc) is 2.62. The van der Waals surface area contributed by atoms with E-state index in [-0.39, 0.29) is 11.9 Å². The van der Waals surface area contributed by atoms with Crippen LogP contribution in [0.3, 0.4) is 0 Å². The van der Waals surface area contributed by atoms with Crippen molar-refractivity contribution in [3.05, 3.63) is 52.8 Å². The van der Waals surface area contributed by atoms with Gasteiger partial charge < -0.3 is 10.2 Å². The number of anilines is 1. The molecule has 3 rings (SSSR count). The zero-order chi connectivity index (χ0) is 17.8. The molecule has 1 amide bonds. The number of hydrogen-bond acceptors (Lipinski definition) is 5. The van der Waals surface area contributed by atoms with Gasteiger partial charge in [-0.1, -0.05) is 18.2 Å². The lowest BCUT2D eigenvalue weighted by Crippen LogP contribution is -2.45. The number of piperidine rings is 1. The van der Waals surface area contributed by atoms with Crippen molar-refractivity contribution in [1.82, 2.24) is 15.3 Å². The second-order valence-corrected chi connectivity index (χ2v) is 6.36. The lowest BCUT2D eigenvalue weighted by atomic mass is 10.0. The van der Waals surface area contributed by atoms with Gasteiger partial charge in [-0.3, -0.25) is 4.79 Å². The summed E-state index contributed by atoms with van der Waals surface area (Å²) >= 11 is 0. The summed E-state index contributed by atoms with van der Waals surface area (Å²) in [6.07, 6.45) is 1.66. The normalized spacial score (nSPS) is 14.8. The summed E-state index contributed by atoms with van der Waals surface area (Å²) in [7, 11) is 0. The Morgan fingerprint density at radius 3 is 2.64 bits per heavy atom. The molecule has 1 aliphatic heterocycles. The van der Waals surface area contributed by atoms with Crippen LogP contribution in [0.4, 0.5) is 5.95 Å². The number of rotatable bonds is 3. The Balaban J connectivity index is 1.61. The quantitative estimate of drug-likeness (QED) is 0.931. The third-order valence-corrected chi connectivity index (χ3v) is 4.46. The first-order valence-electron chi connectivity index (χ1n) is 8.44. The average molecular weight is 335 g/mol. The topological polar surface area (TPSA) is 81.9 Å². The molecule has 1 fully saturated rings. The number of aromatic nitrogens is 2. The Hall–Kier alpha value is -2.94. The fraction of sp³-hybridized carbons (Fsp3) is 0.368. The number of hydrogen-bond donors (Lipinski definition) is 1. The monoisotopic (exact) mass is 335 g/mol. The Morgan fingerprint density at radius 2 is 1.96 bits per heavy atom. The number of carbonyl (C=O) groups excluding carboxylic acids is 1. The SMILES string of the molecule is Cc1cc(C#N)nc(N2CCC(NC(=O)c3ccccc3C)CC2)n1. The molecule has 1 aliphatic rings. The zero-order valence-corrected chi connectivity index (χ0v) is 14.5. The first-order valence-corrected chi connectivity index (χ1v) is 8.44. The third kappa shape index (κ3) is 3.94. The number of nitrogens with zero attached hydrogens (tertiary/aromatic N) is 4. The van der Waals surface area contributed by atoms with Gasteiger partial charge in [0, 0.05) is 30.4 Å². The number of aryl methyl sites for hydroxylation is 2. The molecule has 0 spiro atoms.